The van der Waals surface area contributed by atoms with Crippen molar-refractivity contribution in [3.8, 4) is 0 Å². The summed E-state index contributed by atoms with van der Waals surface area (Å²) in [5, 5.41) is 5.76. The molecular formula is C16H19N3O. The topological polar surface area (TPSA) is 54.0 Å². The van der Waals surface area contributed by atoms with Gasteiger partial charge in [0.05, 0.1) is 6.04 Å². The lowest BCUT2D eigenvalue weighted by molar-refractivity contribution is 0.249. The van der Waals surface area contributed by atoms with Crippen LogP contribution in [0.4, 0.5) is 10.5 Å². The average Bonchev–Trinajstić information content (AvgIpc) is 2.43. The molecule has 0 bridgehead atoms. The van der Waals surface area contributed by atoms with E-state index in [1.807, 2.05) is 51.1 Å². The van der Waals surface area contributed by atoms with Gasteiger partial charge in [-0.15, -0.1) is 0 Å². The van der Waals surface area contributed by atoms with Crippen molar-refractivity contribution in [2.75, 3.05) is 5.32 Å². The van der Waals surface area contributed by atoms with Gasteiger partial charge in [-0.1, -0.05) is 23.8 Å². The predicted molar refractivity (Wildman–Crippen MR) is 80.7 cm³/mol. The van der Waals surface area contributed by atoms with Crippen LogP contribution in [0.5, 0.6) is 0 Å². The lowest BCUT2D eigenvalue weighted by Crippen LogP contribution is -2.31. The number of carbonyl (C=O) groups is 1. The molecule has 0 radical (unpaired) electrons. The van der Waals surface area contributed by atoms with E-state index in [1.54, 1.807) is 12.4 Å². The van der Waals surface area contributed by atoms with Gasteiger partial charge in [-0.3, -0.25) is 4.98 Å². The molecule has 1 unspecified atom stereocenters. The van der Waals surface area contributed by atoms with Crippen LogP contribution < -0.4 is 10.6 Å². The highest BCUT2D eigenvalue weighted by molar-refractivity contribution is 5.90. The Morgan fingerprint density at radius 3 is 2.70 bits per heavy atom. The molecular weight excluding hydrogens is 250 g/mol. The van der Waals surface area contributed by atoms with E-state index in [1.165, 1.54) is 5.56 Å². The summed E-state index contributed by atoms with van der Waals surface area (Å²) in [6.45, 7) is 5.94. The molecule has 0 aliphatic carbocycles. The lowest BCUT2D eigenvalue weighted by atomic mass is 10.1. The summed E-state index contributed by atoms with van der Waals surface area (Å²) >= 11 is 0. The lowest BCUT2D eigenvalue weighted by Gasteiger charge is -2.15. The van der Waals surface area contributed by atoms with Gasteiger partial charge in [0.2, 0.25) is 0 Å². The largest absolute Gasteiger partial charge is 0.331 e. The minimum Gasteiger partial charge on any atom is -0.331 e. The number of urea groups is 1. The Morgan fingerprint density at radius 2 is 2.05 bits per heavy atom. The van der Waals surface area contributed by atoms with E-state index in [2.05, 4.69) is 15.6 Å². The van der Waals surface area contributed by atoms with Crippen molar-refractivity contribution in [1.29, 1.82) is 0 Å². The number of aromatic nitrogens is 1. The fourth-order valence-corrected chi connectivity index (χ4v) is 2.02. The molecule has 4 nitrogen and oxygen atoms in total. The van der Waals surface area contributed by atoms with Crippen LogP contribution in [0.15, 0.2) is 42.7 Å². The SMILES string of the molecule is Cc1ccc(NC(=O)NC(C)c2cccnc2)c(C)c1. The van der Waals surface area contributed by atoms with E-state index < -0.39 is 0 Å². The van der Waals surface area contributed by atoms with Crippen molar-refractivity contribution >= 4 is 11.7 Å². The molecule has 1 aromatic carbocycles. The first-order valence-corrected chi connectivity index (χ1v) is 6.61. The van der Waals surface area contributed by atoms with Crippen molar-refractivity contribution in [1.82, 2.24) is 10.3 Å². The third-order valence-electron chi connectivity index (χ3n) is 3.16. The molecule has 0 fully saturated rings. The van der Waals surface area contributed by atoms with E-state index in [9.17, 15) is 4.79 Å². The van der Waals surface area contributed by atoms with Crippen molar-refractivity contribution < 1.29 is 4.79 Å². The van der Waals surface area contributed by atoms with Crippen molar-refractivity contribution in [3.05, 3.63) is 59.4 Å². The normalized spacial score (nSPS) is 11.8. The van der Waals surface area contributed by atoms with E-state index >= 15 is 0 Å². The summed E-state index contributed by atoms with van der Waals surface area (Å²) in [7, 11) is 0. The maximum Gasteiger partial charge on any atom is 0.319 e. The molecule has 0 aliphatic rings. The standard InChI is InChI=1S/C16H19N3O/c1-11-6-7-15(12(2)9-11)19-16(20)18-13(3)14-5-4-8-17-10-14/h4-10,13H,1-3H3,(H2,18,19,20). The van der Waals surface area contributed by atoms with Crippen LogP contribution >= 0.6 is 0 Å². The summed E-state index contributed by atoms with van der Waals surface area (Å²) in [4.78, 5) is 16.0. The van der Waals surface area contributed by atoms with Gasteiger partial charge in [0.15, 0.2) is 0 Å². The Labute approximate surface area is 119 Å². The van der Waals surface area contributed by atoms with Gasteiger partial charge >= 0.3 is 6.03 Å². The number of hydrogen-bond donors (Lipinski definition) is 2. The molecule has 0 saturated carbocycles. The number of carbonyl (C=O) groups excluding carboxylic acids is 1. The molecule has 0 spiro atoms. The first-order chi connectivity index (χ1) is 9.56. The molecule has 1 atom stereocenters. The highest BCUT2D eigenvalue weighted by Gasteiger charge is 2.10. The number of benzene rings is 1. The summed E-state index contributed by atoms with van der Waals surface area (Å²) in [6.07, 6.45) is 3.47. The van der Waals surface area contributed by atoms with Crippen molar-refractivity contribution in [2.24, 2.45) is 0 Å². The zero-order valence-electron chi connectivity index (χ0n) is 12.0. The Bertz CT molecular complexity index is 596. The molecule has 1 aromatic heterocycles. The first kappa shape index (κ1) is 14.1. The fourth-order valence-electron chi connectivity index (χ4n) is 2.02. The van der Waals surface area contributed by atoms with Crippen LogP contribution in [0.2, 0.25) is 0 Å². The summed E-state index contributed by atoms with van der Waals surface area (Å²) < 4.78 is 0. The number of nitrogens with one attached hydrogen (secondary N) is 2. The van der Waals surface area contributed by atoms with Crippen LogP contribution in [-0.2, 0) is 0 Å². The number of anilines is 1. The minimum absolute atomic E-state index is 0.0885. The third-order valence-corrected chi connectivity index (χ3v) is 3.16. The Kier molecular flexibility index (Phi) is 4.35. The molecule has 1 heterocycles. The van der Waals surface area contributed by atoms with Crippen molar-refractivity contribution in [3.63, 3.8) is 0 Å². The smallest absolute Gasteiger partial charge is 0.319 e. The average molecular weight is 269 g/mol. The minimum atomic E-state index is -0.215. The molecule has 2 rings (SSSR count). The maximum absolute atomic E-state index is 12.0. The summed E-state index contributed by atoms with van der Waals surface area (Å²) in [5.41, 5.74) is 4.03. The van der Waals surface area contributed by atoms with E-state index in [-0.39, 0.29) is 12.1 Å². The number of hydrogen-bond acceptors (Lipinski definition) is 2. The highest BCUT2D eigenvalue weighted by atomic mass is 16.2. The van der Waals surface area contributed by atoms with Crippen LogP contribution in [0, 0.1) is 13.8 Å². The monoisotopic (exact) mass is 269 g/mol. The van der Waals surface area contributed by atoms with Gasteiger partial charge in [-0.05, 0) is 44.0 Å². The van der Waals surface area contributed by atoms with Gasteiger partial charge in [0.1, 0.15) is 0 Å². The summed E-state index contributed by atoms with van der Waals surface area (Å²) in [5.74, 6) is 0. The first-order valence-electron chi connectivity index (χ1n) is 6.61. The van der Waals surface area contributed by atoms with Gasteiger partial charge in [-0.25, -0.2) is 4.79 Å². The molecule has 4 heteroatoms. The van der Waals surface area contributed by atoms with Crippen LogP contribution in [0.3, 0.4) is 0 Å². The molecule has 0 saturated heterocycles. The van der Waals surface area contributed by atoms with Crippen molar-refractivity contribution in [2.45, 2.75) is 26.8 Å². The zero-order valence-corrected chi connectivity index (χ0v) is 12.0. The number of amides is 2. The molecule has 104 valence electrons. The van der Waals surface area contributed by atoms with Gasteiger partial charge in [-0.2, -0.15) is 0 Å². The molecule has 20 heavy (non-hydrogen) atoms. The second-order valence-electron chi connectivity index (χ2n) is 4.92. The second-order valence-corrected chi connectivity index (χ2v) is 4.92. The third kappa shape index (κ3) is 3.57. The van der Waals surface area contributed by atoms with E-state index in [0.29, 0.717) is 0 Å². The maximum atomic E-state index is 12.0. The quantitative estimate of drug-likeness (QED) is 0.894. The Morgan fingerprint density at radius 1 is 1.25 bits per heavy atom. The number of nitrogens with zero attached hydrogens (tertiary/aromatic N) is 1. The van der Waals surface area contributed by atoms with Crippen LogP contribution in [0.25, 0.3) is 0 Å². The number of aryl methyl sites for hydroxylation is 2. The number of pyridine rings is 1. The van der Waals surface area contributed by atoms with Crippen LogP contribution in [0.1, 0.15) is 29.7 Å². The molecule has 2 aromatic rings. The molecule has 2 amide bonds. The molecule has 0 aliphatic heterocycles. The van der Waals surface area contributed by atoms with E-state index in [4.69, 9.17) is 0 Å². The van der Waals surface area contributed by atoms with E-state index in [0.717, 1.165) is 16.8 Å². The van der Waals surface area contributed by atoms with Gasteiger partial charge in [0, 0.05) is 18.1 Å². The van der Waals surface area contributed by atoms with Gasteiger partial charge in [0.25, 0.3) is 0 Å². The van der Waals surface area contributed by atoms with Gasteiger partial charge < -0.3 is 10.6 Å². The second kappa shape index (κ2) is 6.19. The number of rotatable bonds is 3. The molecule has 2 N–H and O–H groups in total. The predicted octanol–water partition coefficient (Wildman–Crippen LogP) is 3.58. The Balaban J connectivity index is 1.99. The summed E-state index contributed by atoms with van der Waals surface area (Å²) in [6, 6.07) is 9.43. The highest BCUT2D eigenvalue weighted by Crippen LogP contribution is 2.16. The van der Waals surface area contributed by atoms with Crippen LogP contribution in [-0.4, -0.2) is 11.0 Å². The fraction of sp³-hybridized carbons (Fsp3) is 0.250. The zero-order chi connectivity index (χ0) is 14.5. The Hall–Kier alpha value is -2.36.